The first-order chi connectivity index (χ1) is 11.0. The molecular weight excluding hydrogens is 312 g/mol. The number of rotatable bonds is 3. The van der Waals surface area contributed by atoms with E-state index in [9.17, 15) is 9.59 Å². The molecule has 6 heteroatoms. The van der Waals surface area contributed by atoms with Gasteiger partial charge in [0.2, 0.25) is 0 Å². The second kappa shape index (κ2) is 6.58. The Morgan fingerprint density at radius 2 is 2.09 bits per heavy atom. The van der Waals surface area contributed by atoms with Crippen LogP contribution in [0.2, 0.25) is 0 Å². The second-order valence-corrected chi connectivity index (χ2v) is 7.08. The van der Waals surface area contributed by atoms with Crippen LogP contribution in [0.5, 0.6) is 0 Å². The molecule has 5 nitrogen and oxygen atoms in total. The Balaban J connectivity index is 1.70. The fraction of sp³-hybridized carbons (Fsp3) is 0.412. The Labute approximate surface area is 139 Å². The summed E-state index contributed by atoms with van der Waals surface area (Å²) in [4.78, 5) is 27.3. The number of furan rings is 1. The minimum atomic E-state index is -0.304. The van der Waals surface area contributed by atoms with Crippen molar-refractivity contribution in [2.24, 2.45) is 5.92 Å². The number of thiophene rings is 1. The van der Waals surface area contributed by atoms with Crippen molar-refractivity contribution in [3.63, 3.8) is 0 Å². The van der Waals surface area contributed by atoms with Crippen LogP contribution in [0.15, 0.2) is 28.9 Å². The maximum Gasteiger partial charge on any atom is 0.291 e. The van der Waals surface area contributed by atoms with Gasteiger partial charge in [0.05, 0.1) is 16.1 Å². The number of aryl methyl sites for hydroxylation is 1. The lowest BCUT2D eigenvalue weighted by atomic mass is 9.99. The molecule has 0 saturated carbocycles. The molecule has 3 heterocycles. The molecule has 1 aliphatic rings. The van der Waals surface area contributed by atoms with Gasteiger partial charge in [0.15, 0.2) is 5.76 Å². The van der Waals surface area contributed by atoms with Crippen molar-refractivity contribution >= 4 is 28.2 Å². The molecule has 1 saturated heterocycles. The Kier molecular flexibility index (Phi) is 4.52. The molecule has 1 N–H and O–H groups in total. The number of nitrogens with one attached hydrogen (secondary N) is 1. The van der Waals surface area contributed by atoms with E-state index in [1.54, 1.807) is 12.1 Å². The van der Waals surface area contributed by atoms with Gasteiger partial charge in [-0.3, -0.25) is 9.59 Å². The monoisotopic (exact) mass is 332 g/mol. The van der Waals surface area contributed by atoms with Gasteiger partial charge in [-0.05, 0) is 49.4 Å². The number of piperidine rings is 1. The maximum atomic E-state index is 12.7. The Hall–Kier alpha value is -2.08. The molecule has 1 fully saturated rings. The quantitative estimate of drug-likeness (QED) is 0.930. The number of carbonyl (C=O) groups excluding carboxylic acids is 2. The first-order valence-electron chi connectivity index (χ1n) is 7.79. The summed E-state index contributed by atoms with van der Waals surface area (Å²) in [5.41, 5.74) is 0.897. The van der Waals surface area contributed by atoms with Gasteiger partial charge in [0.25, 0.3) is 11.8 Å². The number of nitrogens with zero attached hydrogens (tertiary/aromatic N) is 1. The largest absolute Gasteiger partial charge is 0.459 e. The average Bonchev–Trinajstić information content (AvgIpc) is 3.17. The predicted molar refractivity (Wildman–Crippen MR) is 90.0 cm³/mol. The van der Waals surface area contributed by atoms with Crippen molar-refractivity contribution in [1.29, 1.82) is 0 Å². The molecule has 2 aromatic heterocycles. The van der Waals surface area contributed by atoms with E-state index in [1.165, 1.54) is 17.6 Å². The minimum Gasteiger partial charge on any atom is -0.459 e. The van der Waals surface area contributed by atoms with Gasteiger partial charge in [0.1, 0.15) is 0 Å². The summed E-state index contributed by atoms with van der Waals surface area (Å²) >= 11 is 1.32. The molecule has 0 aliphatic carbocycles. The molecule has 1 aliphatic heterocycles. The van der Waals surface area contributed by atoms with Gasteiger partial charge < -0.3 is 14.6 Å². The van der Waals surface area contributed by atoms with Crippen molar-refractivity contribution < 1.29 is 14.0 Å². The minimum absolute atomic E-state index is 0.0675. The zero-order chi connectivity index (χ0) is 16.4. The third-order valence-corrected chi connectivity index (χ3v) is 5.31. The Morgan fingerprint density at radius 3 is 2.74 bits per heavy atom. The summed E-state index contributed by atoms with van der Waals surface area (Å²) in [5.74, 6) is 0.709. The zero-order valence-corrected chi connectivity index (χ0v) is 14.1. The Morgan fingerprint density at radius 1 is 1.35 bits per heavy atom. The molecule has 2 amide bonds. The van der Waals surface area contributed by atoms with Crippen molar-refractivity contribution in [3.05, 3.63) is 40.7 Å². The normalized spacial score (nSPS) is 15.7. The number of hydrogen-bond donors (Lipinski definition) is 1. The van der Waals surface area contributed by atoms with Crippen LogP contribution in [0, 0.1) is 12.8 Å². The van der Waals surface area contributed by atoms with E-state index in [0.717, 1.165) is 31.5 Å². The summed E-state index contributed by atoms with van der Waals surface area (Å²) in [6, 6.07) is 5.11. The summed E-state index contributed by atoms with van der Waals surface area (Å²) in [7, 11) is 0. The fourth-order valence-electron chi connectivity index (χ4n) is 2.69. The van der Waals surface area contributed by atoms with Crippen LogP contribution in [0.4, 0.5) is 5.00 Å². The zero-order valence-electron chi connectivity index (χ0n) is 13.3. The highest BCUT2D eigenvalue weighted by molar-refractivity contribution is 7.18. The molecule has 0 radical (unpaired) electrons. The third kappa shape index (κ3) is 3.47. The van der Waals surface area contributed by atoms with E-state index in [4.69, 9.17) is 4.42 Å². The fourth-order valence-corrected chi connectivity index (χ4v) is 3.73. The maximum absolute atomic E-state index is 12.7. The number of carbonyl (C=O) groups is 2. The van der Waals surface area contributed by atoms with Gasteiger partial charge in [-0.25, -0.2) is 0 Å². The lowest BCUT2D eigenvalue weighted by molar-refractivity contribution is 0.0701. The lowest BCUT2D eigenvalue weighted by Gasteiger charge is -2.30. The summed E-state index contributed by atoms with van der Waals surface area (Å²) < 4.78 is 5.07. The predicted octanol–water partition coefficient (Wildman–Crippen LogP) is 3.77. The van der Waals surface area contributed by atoms with Crippen LogP contribution in [0.25, 0.3) is 0 Å². The van der Waals surface area contributed by atoms with Gasteiger partial charge in [-0.1, -0.05) is 6.92 Å². The average molecular weight is 332 g/mol. The highest BCUT2D eigenvalue weighted by atomic mass is 32.1. The SMILES string of the molecule is Cc1cc(NC(=O)c2ccco2)sc1C(=O)N1CCC(C)CC1. The van der Waals surface area contributed by atoms with E-state index >= 15 is 0 Å². The van der Waals surface area contributed by atoms with E-state index in [2.05, 4.69) is 12.2 Å². The summed E-state index contributed by atoms with van der Waals surface area (Å²) in [6.45, 7) is 5.75. The molecule has 0 atom stereocenters. The number of hydrogen-bond acceptors (Lipinski definition) is 4. The first-order valence-corrected chi connectivity index (χ1v) is 8.61. The molecule has 0 unspecified atom stereocenters. The van der Waals surface area contributed by atoms with Crippen molar-refractivity contribution in [2.75, 3.05) is 18.4 Å². The molecular formula is C17H20N2O3S. The third-order valence-electron chi connectivity index (χ3n) is 4.16. The standard InChI is InChI=1S/C17H20N2O3S/c1-11-5-7-19(8-6-11)17(21)15-12(2)10-14(23-15)18-16(20)13-4-3-9-22-13/h3-4,9-11H,5-8H2,1-2H3,(H,18,20). The molecule has 0 bridgehead atoms. The smallest absolute Gasteiger partial charge is 0.291 e. The van der Waals surface area contributed by atoms with Crippen LogP contribution in [-0.2, 0) is 0 Å². The van der Waals surface area contributed by atoms with Crippen LogP contribution in [0.3, 0.4) is 0 Å². The highest BCUT2D eigenvalue weighted by Gasteiger charge is 2.24. The van der Waals surface area contributed by atoms with Gasteiger partial charge in [-0.2, -0.15) is 0 Å². The highest BCUT2D eigenvalue weighted by Crippen LogP contribution is 2.29. The topological polar surface area (TPSA) is 62.6 Å². The van der Waals surface area contributed by atoms with Crippen LogP contribution in [-0.4, -0.2) is 29.8 Å². The van der Waals surface area contributed by atoms with E-state index < -0.39 is 0 Å². The molecule has 2 aromatic rings. The second-order valence-electron chi connectivity index (χ2n) is 6.03. The molecule has 0 aromatic carbocycles. The van der Waals surface area contributed by atoms with Crippen LogP contribution >= 0.6 is 11.3 Å². The number of amides is 2. The molecule has 23 heavy (non-hydrogen) atoms. The van der Waals surface area contributed by atoms with Crippen molar-refractivity contribution in [1.82, 2.24) is 4.90 Å². The van der Waals surface area contributed by atoms with Crippen molar-refractivity contribution in [2.45, 2.75) is 26.7 Å². The van der Waals surface area contributed by atoms with Gasteiger partial charge in [-0.15, -0.1) is 11.3 Å². The first kappa shape index (κ1) is 15.8. The van der Waals surface area contributed by atoms with Crippen molar-refractivity contribution in [3.8, 4) is 0 Å². The van der Waals surface area contributed by atoms with Crippen LogP contribution < -0.4 is 5.32 Å². The van der Waals surface area contributed by atoms with E-state index in [0.29, 0.717) is 15.8 Å². The van der Waals surface area contributed by atoms with Crippen LogP contribution in [0.1, 0.15) is 45.6 Å². The lowest BCUT2D eigenvalue weighted by Crippen LogP contribution is -2.37. The van der Waals surface area contributed by atoms with Gasteiger partial charge >= 0.3 is 0 Å². The summed E-state index contributed by atoms with van der Waals surface area (Å²) in [5, 5.41) is 3.45. The molecule has 122 valence electrons. The van der Waals surface area contributed by atoms with E-state index in [-0.39, 0.29) is 17.6 Å². The Bertz CT molecular complexity index is 698. The molecule has 3 rings (SSSR count). The van der Waals surface area contributed by atoms with Gasteiger partial charge in [0, 0.05) is 13.1 Å². The number of likely N-dealkylation sites (tertiary alicyclic amines) is 1. The number of anilines is 1. The summed E-state index contributed by atoms with van der Waals surface area (Å²) in [6.07, 6.45) is 3.57. The molecule has 0 spiro atoms. The van der Waals surface area contributed by atoms with E-state index in [1.807, 2.05) is 17.9 Å².